The van der Waals surface area contributed by atoms with Crippen LogP contribution in [0.5, 0.6) is 11.5 Å². The van der Waals surface area contributed by atoms with Gasteiger partial charge in [0.1, 0.15) is 17.5 Å². The van der Waals surface area contributed by atoms with E-state index in [0.29, 0.717) is 49.7 Å². The minimum atomic E-state index is -0.780. The molecule has 1 atom stereocenters. The Balaban J connectivity index is 2.08. The molecule has 0 N–H and O–H groups in total. The fraction of sp³-hybridized carbons (Fsp3) is 0.296. The van der Waals surface area contributed by atoms with E-state index in [1.54, 1.807) is 37.9 Å². The summed E-state index contributed by atoms with van der Waals surface area (Å²) in [7, 11) is 3.14. The predicted molar refractivity (Wildman–Crippen MR) is 159 cm³/mol. The van der Waals surface area contributed by atoms with E-state index in [-0.39, 0.29) is 12.2 Å². The predicted octanol–water partition coefficient (Wildman–Crippen LogP) is 5.88. The van der Waals surface area contributed by atoms with E-state index < -0.39 is 12.0 Å². The van der Waals surface area contributed by atoms with E-state index in [9.17, 15) is 9.59 Å². The van der Waals surface area contributed by atoms with Crippen molar-refractivity contribution < 1.29 is 19.0 Å². The lowest BCUT2D eigenvalue weighted by Crippen LogP contribution is -2.40. The number of nitrogens with zero attached hydrogens (tertiary/aromatic N) is 2. The second-order valence-electron chi connectivity index (χ2n) is 8.31. The van der Waals surface area contributed by atoms with Crippen LogP contribution < -0.4 is 24.4 Å². The summed E-state index contributed by atoms with van der Waals surface area (Å²) in [6, 6.07) is 8.50. The maximum atomic E-state index is 14.0. The number of ether oxygens (including phenoxy) is 3. The summed E-state index contributed by atoms with van der Waals surface area (Å²) in [5, 5.41) is 0. The summed E-state index contributed by atoms with van der Waals surface area (Å²) in [4.78, 5) is 32.7. The third kappa shape index (κ3) is 5.57. The lowest BCUT2D eigenvalue weighted by Gasteiger charge is -2.27. The minimum absolute atomic E-state index is 0.200. The highest BCUT2D eigenvalue weighted by Crippen LogP contribution is 2.38. The van der Waals surface area contributed by atoms with Gasteiger partial charge in [0, 0.05) is 20.1 Å². The Bertz CT molecular complexity index is 1610. The summed E-state index contributed by atoms with van der Waals surface area (Å²) in [5.41, 5.74) is 2.04. The average molecular weight is 729 g/mol. The first kappa shape index (κ1) is 28.8. The van der Waals surface area contributed by atoms with Crippen LogP contribution >= 0.6 is 59.1 Å². The zero-order chi connectivity index (χ0) is 27.6. The lowest BCUT2D eigenvalue weighted by molar-refractivity contribution is -0.139. The number of fused-ring (bicyclic) bond motifs is 1. The van der Waals surface area contributed by atoms with Crippen LogP contribution in [0.2, 0.25) is 0 Å². The van der Waals surface area contributed by atoms with Crippen LogP contribution in [0.4, 0.5) is 0 Å². The van der Waals surface area contributed by atoms with E-state index in [1.807, 2.05) is 31.2 Å². The molecule has 2 heterocycles. The molecule has 0 fully saturated rings. The van der Waals surface area contributed by atoms with Gasteiger partial charge in [-0.25, -0.2) is 9.79 Å². The fourth-order valence-electron chi connectivity index (χ4n) is 4.38. The zero-order valence-electron chi connectivity index (χ0n) is 21.1. The van der Waals surface area contributed by atoms with E-state index >= 15 is 0 Å². The molecule has 4 rings (SSSR count). The van der Waals surface area contributed by atoms with Crippen molar-refractivity contribution in [2.75, 3.05) is 20.8 Å². The van der Waals surface area contributed by atoms with Crippen molar-refractivity contribution in [3.8, 4) is 11.5 Å². The minimum Gasteiger partial charge on any atom is -0.496 e. The summed E-state index contributed by atoms with van der Waals surface area (Å²) in [5.74, 6) is 0.645. The lowest BCUT2D eigenvalue weighted by atomic mass is 9.93. The maximum Gasteiger partial charge on any atom is 0.338 e. The molecule has 2 aromatic carbocycles. The van der Waals surface area contributed by atoms with Crippen LogP contribution in [0.25, 0.3) is 6.08 Å². The molecule has 1 aliphatic heterocycles. The molecule has 0 bridgehead atoms. The van der Waals surface area contributed by atoms with Crippen molar-refractivity contribution in [2.24, 2.45) is 4.99 Å². The molecule has 0 saturated carbocycles. The van der Waals surface area contributed by atoms with Gasteiger partial charge >= 0.3 is 5.97 Å². The SMILES string of the molecule is CCCC1=C(C(=O)OCC)[C@H](c2cc(Br)ccc2OC)n2c(s/c(=C/c3cc(Br)cc(Br)c3OC)c2=O)=N1. The first-order valence-electron chi connectivity index (χ1n) is 11.8. The topological polar surface area (TPSA) is 79.1 Å². The Morgan fingerprint density at radius 2 is 1.87 bits per heavy atom. The molecule has 1 aromatic heterocycles. The van der Waals surface area contributed by atoms with Crippen molar-refractivity contribution in [1.82, 2.24) is 4.57 Å². The summed E-state index contributed by atoms with van der Waals surface area (Å²) >= 11 is 11.8. The molecule has 0 radical (unpaired) electrons. The number of hydrogen-bond donors (Lipinski definition) is 0. The smallest absolute Gasteiger partial charge is 0.338 e. The molecule has 0 amide bonds. The number of rotatable bonds is 8. The van der Waals surface area contributed by atoms with Gasteiger partial charge in [0.25, 0.3) is 5.56 Å². The molecule has 38 heavy (non-hydrogen) atoms. The highest BCUT2D eigenvalue weighted by molar-refractivity contribution is 9.11. The van der Waals surface area contributed by atoms with Gasteiger partial charge in [-0.05, 0) is 65.7 Å². The van der Waals surface area contributed by atoms with Crippen LogP contribution in [0.15, 0.2) is 64.8 Å². The molecule has 0 aliphatic carbocycles. The van der Waals surface area contributed by atoms with Gasteiger partial charge in [0.05, 0.1) is 41.1 Å². The van der Waals surface area contributed by atoms with Gasteiger partial charge in [-0.3, -0.25) is 9.36 Å². The maximum absolute atomic E-state index is 14.0. The molecule has 1 aliphatic rings. The Hall–Kier alpha value is -2.21. The van der Waals surface area contributed by atoms with Gasteiger partial charge in [0.15, 0.2) is 4.80 Å². The molecular weight excluding hydrogens is 704 g/mol. The van der Waals surface area contributed by atoms with Gasteiger partial charge in [-0.2, -0.15) is 0 Å². The van der Waals surface area contributed by atoms with Crippen molar-refractivity contribution >= 4 is 71.2 Å². The van der Waals surface area contributed by atoms with Gasteiger partial charge in [-0.1, -0.05) is 56.5 Å². The van der Waals surface area contributed by atoms with Crippen molar-refractivity contribution in [1.29, 1.82) is 0 Å². The number of esters is 1. The van der Waals surface area contributed by atoms with Crippen LogP contribution in [-0.4, -0.2) is 31.4 Å². The molecule has 0 spiro atoms. The van der Waals surface area contributed by atoms with Crippen LogP contribution in [0.3, 0.4) is 0 Å². The summed E-state index contributed by atoms with van der Waals surface area (Å²) < 4.78 is 21.1. The monoisotopic (exact) mass is 726 g/mol. The number of benzene rings is 2. The third-order valence-corrected chi connectivity index (χ3v) is 8.43. The standard InChI is InChI=1S/C27H25Br3N2O5S/c1-5-7-19-22(26(34)37-6-2)23(17-12-15(28)8-9-20(17)35-3)32-25(33)21(38-27(32)31-19)11-14-10-16(29)13-18(30)24(14)36-4/h8-13,23H,5-7H2,1-4H3/b21-11+/t23-/m0/s1. The number of methoxy groups -OCH3 is 2. The van der Waals surface area contributed by atoms with E-state index in [1.165, 1.54) is 11.3 Å². The van der Waals surface area contributed by atoms with E-state index in [2.05, 4.69) is 47.8 Å². The van der Waals surface area contributed by atoms with E-state index in [0.717, 1.165) is 19.8 Å². The fourth-order valence-corrected chi connectivity index (χ4v) is 7.19. The third-order valence-electron chi connectivity index (χ3n) is 5.91. The van der Waals surface area contributed by atoms with Crippen molar-refractivity contribution in [3.05, 3.63) is 85.8 Å². The second-order valence-corrected chi connectivity index (χ2v) is 12.0. The molecule has 11 heteroatoms. The normalized spacial score (nSPS) is 15.2. The Labute approximate surface area is 249 Å². The summed E-state index contributed by atoms with van der Waals surface area (Å²) in [6.07, 6.45) is 3.10. The van der Waals surface area contributed by atoms with Gasteiger partial charge in [-0.15, -0.1) is 0 Å². The molecule has 3 aromatic rings. The molecule has 0 saturated heterocycles. The zero-order valence-corrected chi connectivity index (χ0v) is 26.7. The molecular formula is C27H25Br3N2O5S. The molecule has 0 unspecified atom stereocenters. The number of carbonyl (C=O) groups excluding carboxylic acids is 1. The van der Waals surface area contributed by atoms with Crippen LogP contribution in [0, 0.1) is 0 Å². The number of allylic oxidation sites excluding steroid dienone is 1. The first-order chi connectivity index (χ1) is 18.2. The quantitative estimate of drug-likeness (QED) is 0.271. The largest absolute Gasteiger partial charge is 0.496 e. The van der Waals surface area contributed by atoms with Gasteiger partial charge < -0.3 is 14.2 Å². The van der Waals surface area contributed by atoms with Crippen LogP contribution in [-0.2, 0) is 9.53 Å². The van der Waals surface area contributed by atoms with E-state index in [4.69, 9.17) is 19.2 Å². The summed E-state index contributed by atoms with van der Waals surface area (Å²) in [6.45, 7) is 3.98. The number of aromatic nitrogens is 1. The number of hydrogen-bond acceptors (Lipinski definition) is 7. The number of carbonyl (C=O) groups is 1. The first-order valence-corrected chi connectivity index (χ1v) is 15.0. The second kappa shape index (κ2) is 12.3. The average Bonchev–Trinajstić information content (AvgIpc) is 3.17. The Kier molecular flexibility index (Phi) is 9.33. The highest BCUT2D eigenvalue weighted by atomic mass is 79.9. The Morgan fingerprint density at radius 1 is 1.11 bits per heavy atom. The number of thiazole rings is 1. The molecule has 7 nitrogen and oxygen atoms in total. The number of halogens is 3. The van der Waals surface area contributed by atoms with Gasteiger partial charge in [0.2, 0.25) is 0 Å². The van der Waals surface area contributed by atoms with Crippen molar-refractivity contribution in [2.45, 2.75) is 32.7 Å². The Morgan fingerprint density at radius 3 is 2.53 bits per heavy atom. The van der Waals surface area contributed by atoms with Crippen LogP contribution in [0.1, 0.15) is 43.9 Å². The van der Waals surface area contributed by atoms with Crippen molar-refractivity contribution in [3.63, 3.8) is 0 Å². The highest BCUT2D eigenvalue weighted by Gasteiger charge is 2.36. The molecule has 200 valence electrons.